The van der Waals surface area contributed by atoms with E-state index in [0.717, 1.165) is 35.5 Å². The summed E-state index contributed by atoms with van der Waals surface area (Å²) in [4.78, 5) is 0. The summed E-state index contributed by atoms with van der Waals surface area (Å²) >= 11 is 0. The van der Waals surface area contributed by atoms with Crippen LogP contribution in [0, 0.1) is 46.8 Å². The Morgan fingerprint density at radius 1 is 0.826 bits per heavy atom. The third-order valence-electron chi connectivity index (χ3n) is 6.80. The molecule has 0 amide bonds. The summed E-state index contributed by atoms with van der Waals surface area (Å²) in [6.45, 7) is 24.2. The Labute approximate surface area is 149 Å². The van der Waals surface area contributed by atoms with Crippen LogP contribution >= 0.6 is 0 Å². The van der Waals surface area contributed by atoms with Crippen molar-refractivity contribution in [3.63, 3.8) is 0 Å². The first-order chi connectivity index (χ1) is 10.4. The molecule has 0 aliphatic rings. The second kappa shape index (κ2) is 10.0. The van der Waals surface area contributed by atoms with E-state index in [9.17, 15) is 0 Å². The van der Waals surface area contributed by atoms with Crippen molar-refractivity contribution in [2.24, 2.45) is 46.8 Å². The SMILES string of the molecule is [B]=CC(C)CCC(C)C(C(C)CC(C)C)C(C)C(C)(C)C(C)C. The molecule has 0 aromatic rings. The van der Waals surface area contributed by atoms with Gasteiger partial charge in [0.15, 0.2) is 0 Å². The molecule has 5 unspecified atom stereocenters. The zero-order chi connectivity index (χ0) is 18.4. The van der Waals surface area contributed by atoms with Gasteiger partial charge in [0.2, 0.25) is 0 Å². The van der Waals surface area contributed by atoms with E-state index in [4.69, 9.17) is 7.49 Å². The molecule has 0 aromatic carbocycles. The van der Waals surface area contributed by atoms with E-state index in [1.165, 1.54) is 19.3 Å². The molecule has 135 valence electrons. The van der Waals surface area contributed by atoms with Crippen molar-refractivity contribution in [1.82, 2.24) is 0 Å². The van der Waals surface area contributed by atoms with E-state index in [0.29, 0.717) is 11.3 Å². The van der Waals surface area contributed by atoms with E-state index < -0.39 is 0 Å². The molecule has 0 saturated carbocycles. The van der Waals surface area contributed by atoms with E-state index in [1.54, 1.807) is 0 Å². The van der Waals surface area contributed by atoms with Crippen LogP contribution in [0.5, 0.6) is 0 Å². The molecule has 1 radical (unpaired) electrons. The van der Waals surface area contributed by atoms with Gasteiger partial charge < -0.3 is 0 Å². The third kappa shape index (κ3) is 7.14. The van der Waals surface area contributed by atoms with Crippen LogP contribution in [0.4, 0.5) is 0 Å². The topological polar surface area (TPSA) is 0 Å². The fourth-order valence-corrected chi connectivity index (χ4v) is 4.28. The second-order valence-corrected chi connectivity index (χ2v) is 9.67. The van der Waals surface area contributed by atoms with Crippen molar-refractivity contribution in [2.45, 2.75) is 88.5 Å². The zero-order valence-corrected chi connectivity index (χ0v) is 17.8. The van der Waals surface area contributed by atoms with Crippen molar-refractivity contribution in [3.05, 3.63) is 0 Å². The quantitative estimate of drug-likeness (QED) is 0.375. The Morgan fingerprint density at radius 2 is 1.35 bits per heavy atom. The van der Waals surface area contributed by atoms with Crippen LogP contribution in [0.1, 0.15) is 88.5 Å². The summed E-state index contributed by atoms with van der Waals surface area (Å²) in [7, 11) is 5.70. The number of hydrogen-bond donors (Lipinski definition) is 0. The minimum absolute atomic E-state index is 0.385. The van der Waals surface area contributed by atoms with Gasteiger partial charge in [0.25, 0.3) is 0 Å². The average Bonchev–Trinajstić information content (AvgIpc) is 2.43. The molecule has 1 heteroatoms. The molecule has 0 N–H and O–H groups in total. The molecule has 0 fully saturated rings. The summed E-state index contributed by atoms with van der Waals surface area (Å²) in [5.74, 6) is 6.98. The van der Waals surface area contributed by atoms with Gasteiger partial charge >= 0.3 is 149 Å². The van der Waals surface area contributed by atoms with E-state index in [2.05, 4.69) is 69.2 Å². The third-order valence-corrected chi connectivity index (χ3v) is 6.80. The number of hydrogen-bond acceptors (Lipinski definition) is 0. The standard InChI is InChI=1S/C22H44B/c1-15(2)13-19(7)21(18(6)12-11-17(5)14-23)20(8)22(9,10)16(3)4/h14-21H,11-13H2,1-10H3. The molecule has 0 saturated heterocycles. The average molecular weight is 319 g/mol. The van der Waals surface area contributed by atoms with Crippen molar-refractivity contribution >= 4 is 13.5 Å². The van der Waals surface area contributed by atoms with Gasteiger partial charge in [-0.15, -0.1) is 0 Å². The normalized spacial score (nSPS) is 19.4. The van der Waals surface area contributed by atoms with Crippen LogP contribution < -0.4 is 0 Å². The van der Waals surface area contributed by atoms with Gasteiger partial charge in [-0.1, -0.05) is 0 Å². The van der Waals surface area contributed by atoms with Crippen molar-refractivity contribution in [1.29, 1.82) is 0 Å². The first-order valence-electron chi connectivity index (χ1n) is 10.00. The molecule has 0 aliphatic heterocycles. The molecule has 0 rings (SSSR count). The van der Waals surface area contributed by atoms with E-state index in [-0.39, 0.29) is 0 Å². The summed E-state index contributed by atoms with van der Waals surface area (Å²) in [6, 6.07) is 0. The Hall–Kier alpha value is -0.0651. The Morgan fingerprint density at radius 3 is 1.74 bits per heavy atom. The van der Waals surface area contributed by atoms with E-state index in [1.807, 2.05) is 5.97 Å². The predicted molar refractivity (Wildman–Crippen MR) is 109 cm³/mol. The van der Waals surface area contributed by atoms with Crippen LogP contribution in [-0.2, 0) is 0 Å². The molecule has 0 heterocycles. The minimum atomic E-state index is 0.385. The predicted octanol–water partition coefficient (Wildman–Crippen LogP) is 6.63. The summed E-state index contributed by atoms with van der Waals surface area (Å²) in [6.07, 6.45) is 3.85. The van der Waals surface area contributed by atoms with Crippen LogP contribution in [0.2, 0.25) is 0 Å². The molecular weight excluding hydrogens is 275 g/mol. The molecule has 0 bridgehead atoms. The van der Waals surface area contributed by atoms with Crippen molar-refractivity contribution in [3.8, 4) is 0 Å². The van der Waals surface area contributed by atoms with Crippen molar-refractivity contribution in [2.75, 3.05) is 0 Å². The first kappa shape index (κ1) is 22.9. The van der Waals surface area contributed by atoms with E-state index >= 15 is 0 Å². The van der Waals surface area contributed by atoms with Gasteiger partial charge in [0, 0.05) is 0 Å². The fourth-order valence-electron chi connectivity index (χ4n) is 4.28. The molecule has 0 aliphatic carbocycles. The monoisotopic (exact) mass is 319 g/mol. The molecule has 0 aromatic heterocycles. The fraction of sp³-hybridized carbons (Fsp3) is 0.955. The van der Waals surface area contributed by atoms with Gasteiger partial charge in [-0.2, -0.15) is 0 Å². The van der Waals surface area contributed by atoms with Crippen LogP contribution in [0.25, 0.3) is 0 Å². The Kier molecular flexibility index (Phi) is 10.0. The van der Waals surface area contributed by atoms with Gasteiger partial charge in [-0.25, -0.2) is 0 Å². The molecule has 23 heavy (non-hydrogen) atoms. The molecular formula is C22H44B. The first-order valence-corrected chi connectivity index (χ1v) is 10.00. The molecule has 0 nitrogen and oxygen atoms in total. The molecule has 0 spiro atoms. The van der Waals surface area contributed by atoms with Crippen molar-refractivity contribution < 1.29 is 0 Å². The summed E-state index contributed by atoms with van der Waals surface area (Å²) < 4.78 is 0. The maximum absolute atomic E-state index is 5.70. The molecule has 5 atom stereocenters. The maximum atomic E-state index is 5.70. The Balaban J connectivity index is 5.25. The summed E-state index contributed by atoms with van der Waals surface area (Å²) in [5, 5.41) is 0. The zero-order valence-electron chi connectivity index (χ0n) is 17.8. The van der Waals surface area contributed by atoms with Gasteiger partial charge in [0.05, 0.1) is 0 Å². The van der Waals surface area contributed by atoms with Crippen LogP contribution in [-0.4, -0.2) is 13.5 Å². The van der Waals surface area contributed by atoms with Gasteiger partial charge in [-0.3, -0.25) is 0 Å². The number of rotatable bonds is 11. The van der Waals surface area contributed by atoms with Crippen LogP contribution in [0.3, 0.4) is 0 Å². The Bertz CT molecular complexity index is 329. The van der Waals surface area contributed by atoms with Gasteiger partial charge in [-0.05, 0) is 0 Å². The van der Waals surface area contributed by atoms with Gasteiger partial charge in [0.1, 0.15) is 0 Å². The summed E-state index contributed by atoms with van der Waals surface area (Å²) in [5.41, 5.74) is 0.385. The van der Waals surface area contributed by atoms with Crippen LogP contribution in [0.15, 0.2) is 0 Å². The second-order valence-electron chi connectivity index (χ2n) is 9.67.